The molecule has 25 heavy (non-hydrogen) atoms. The topological polar surface area (TPSA) is 97.8 Å². The Kier molecular flexibility index (Phi) is 5.93. The van der Waals surface area contributed by atoms with Gasteiger partial charge in [0.05, 0.1) is 16.4 Å². The molecule has 0 fully saturated rings. The zero-order valence-electron chi connectivity index (χ0n) is 13.4. The van der Waals surface area contributed by atoms with Crippen molar-refractivity contribution >= 4 is 26.0 Å². The fourth-order valence-electron chi connectivity index (χ4n) is 2.03. The zero-order valence-corrected chi connectivity index (χ0v) is 15.0. The van der Waals surface area contributed by atoms with Crippen molar-refractivity contribution < 1.29 is 26.4 Å². The summed E-state index contributed by atoms with van der Waals surface area (Å²) in [5.74, 6) is -0.957. The lowest BCUT2D eigenvalue weighted by Crippen LogP contribution is -2.41. The predicted octanol–water partition coefficient (Wildman–Crippen LogP) is 1.63. The van der Waals surface area contributed by atoms with Crippen LogP contribution >= 0.6 is 0 Å². The molecule has 0 aliphatic heterocycles. The third-order valence-corrected chi connectivity index (χ3v) is 7.43. The molecule has 0 amide bonds. The third-order valence-electron chi connectivity index (χ3n) is 3.18. The number of rotatable bonds is 7. The third kappa shape index (κ3) is 4.25. The van der Waals surface area contributed by atoms with Gasteiger partial charge in [0, 0.05) is 0 Å². The molecule has 0 heterocycles. The van der Waals surface area contributed by atoms with Crippen LogP contribution in [0.3, 0.4) is 0 Å². The Bertz CT molecular complexity index is 856. The molecular weight excluding hydrogens is 366 g/mol. The van der Waals surface area contributed by atoms with E-state index in [2.05, 4.69) is 0 Å². The molecule has 2 aromatic carbocycles. The van der Waals surface area contributed by atoms with Crippen LogP contribution in [0.4, 0.5) is 0 Å². The largest absolute Gasteiger partial charge is 0.465 e. The second-order valence-corrected chi connectivity index (χ2v) is 8.83. The lowest BCUT2D eigenvalue weighted by atomic mass is 10.4. The monoisotopic (exact) mass is 383 g/mol. The molecule has 0 saturated heterocycles. The van der Waals surface area contributed by atoms with Crippen LogP contribution in [0, 0.1) is 0 Å². The number of esters is 1. The molecule has 7 nitrogen and oxygen atoms in total. The first-order valence-electron chi connectivity index (χ1n) is 7.34. The number of hydrogen-bond donors (Lipinski definition) is 0. The van der Waals surface area contributed by atoms with E-state index in [1.165, 1.54) is 48.5 Å². The van der Waals surface area contributed by atoms with Gasteiger partial charge in [0.25, 0.3) is 20.0 Å². The van der Waals surface area contributed by atoms with Crippen LogP contribution in [0.5, 0.6) is 0 Å². The Morgan fingerprint density at radius 1 is 0.840 bits per heavy atom. The maximum atomic E-state index is 12.8. The number of carbonyl (C=O) groups is 1. The van der Waals surface area contributed by atoms with Crippen LogP contribution in [0.2, 0.25) is 0 Å². The highest BCUT2D eigenvalue weighted by atomic mass is 32.3. The molecule has 134 valence electrons. The predicted molar refractivity (Wildman–Crippen MR) is 90.6 cm³/mol. The smallest absolute Gasteiger partial charge is 0.322 e. The van der Waals surface area contributed by atoms with E-state index in [9.17, 15) is 21.6 Å². The average Bonchev–Trinajstić information content (AvgIpc) is 2.61. The number of carbonyl (C=O) groups excluding carboxylic acids is 1. The molecule has 0 unspecified atom stereocenters. The maximum absolute atomic E-state index is 12.8. The summed E-state index contributed by atoms with van der Waals surface area (Å²) >= 11 is 0. The first-order chi connectivity index (χ1) is 11.8. The Labute approximate surface area is 147 Å². The van der Waals surface area contributed by atoms with Gasteiger partial charge >= 0.3 is 5.97 Å². The van der Waals surface area contributed by atoms with Crippen molar-refractivity contribution in [2.75, 3.05) is 13.2 Å². The summed E-state index contributed by atoms with van der Waals surface area (Å²) in [5, 5.41) is 0. The van der Waals surface area contributed by atoms with Gasteiger partial charge in [-0.15, -0.1) is 0 Å². The van der Waals surface area contributed by atoms with E-state index in [-0.39, 0.29) is 20.1 Å². The number of nitrogens with zero attached hydrogens (tertiary/aromatic N) is 1. The van der Waals surface area contributed by atoms with Crippen LogP contribution in [-0.4, -0.2) is 39.7 Å². The van der Waals surface area contributed by atoms with Crippen LogP contribution in [-0.2, 0) is 29.6 Å². The number of hydrogen-bond acceptors (Lipinski definition) is 6. The van der Waals surface area contributed by atoms with Crippen LogP contribution < -0.4 is 0 Å². The first kappa shape index (κ1) is 19.1. The van der Waals surface area contributed by atoms with E-state index >= 15 is 0 Å². The fourth-order valence-corrected chi connectivity index (χ4v) is 5.60. The number of benzene rings is 2. The summed E-state index contributed by atoms with van der Waals surface area (Å²) in [5.41, 5.74) is 0. The summed E-state index contributed by atoms with van der Waals surface area (Å²) in [6.07, 6.45) is 0. The van der Waals surface area contributed by atoms with E-state index in [0.717, 1.165) is 0 Å². The average molecular weight is 383 g/mol. The molecule has 0 saturated carbocycles. The van der Waals surface area contributed by atoms with Gasteiger partial charge in [0.2, 0.25) is 0 Å². The van der Waals surface area contributed by atoms with Gasteiger partial charge in [-0.25, -0.2) is 16.8 Å². The van der Waals surface area contributed by atoms with Crippen LogP contribution in [0.15, 0.2) is 70.5 Å². The van der Waals surface area contributed by atoms with E-state index in [0.29, 0.717) is 0 Å². The van der Waals surface area contributed by atoms with E-state index < -0.39 is 32.6 Å². The fraction of sp³-hybridized carbons (Fsp3) is 0.188. The second-order valence-electron chi connectivity index (χ2n) is 4.87. The normalized spacial score (nSPS) is 12.1. The Morgan fingerprint density at radius 2 is 1.24 bits per heavy atom. The van der Waals surface area contributed by atoms with Crippen LogP contribution in [0.25, 0.3) is 0 Å². The molecular formula is C16H17NO6S2. The van der Waals surface area contributed by atoms with Crippen molar-refractivity contribution in [1.82, 2.24) is 3.71 Å². The zero-order chi connectivity index (χ0) is 18.5. The highest BCUT2D eigenvalue weighted by Gasteiger charge is 2.38. The van der Waals surface area contributed by atoms with E-state index in [4.69, 9.17) is 4.74 Å². The summed E-state index contributed by atoms with van der Waals surface area (Å²) in [6, 6.07) is 14.1. The minimum Gasteiger partial charge on any atom is -0.465 e. The Balaban J connectivity index is 2.56. The Morgan fingerprint density at radius 3 is 1.60 bits per heavy atom. The standard InChI is InChI=1S/C16H17NO6S2/c1-2-23-16(18)13-17(24(19,20)14-9-5-3-6-10-14)25(21,22)15-11-7-4-8-12-15/h3-12H,2,13H2,1H3. The van der Waals surface area contributed by atoms with Crippen molar-refractivity contribution in [3.63, 3.8) is 0 Å². The van der Waals surface area contributed by atoms with Gasteiger partial charge in [0.15, 0.2) is 0 Å². The lowest BCUT2D eigenvalue weighted by molar-refractivity contribution is -0.142. The minimum absolute atomic E-state index is 0.00342. The molecule has 0 bridgehead atoms. The highest BCUT2D eigenvalue weighted by Crippen LogP contribution is 2.24. The van der Waals surface area contributed by atoms with Gasteiger partial charge < -0.3 is 4.74 Å². The number of sulfonamides is 2. The quantitative estimate of drug-likeness (QED) is 0.674. The molecule has 0 radical (unpaired) electrons. The molecule has 0 aromatic heterocycles. The molecule has 0 N–H and O–H groups in total. The molecule has 0 spiro atoms. The maximum Gasteiger partial charge on any atom is 0.322 e. The van der Waals surface area contributed by atoms with Gasteiger partial charge in [-0.3, -0.25) is 4.79 Å². The number of ether oxygens (including phenoxy) is 1. The van der Waals surface area contributed by atoms with Crippen molar-refractivity contribution in [2.45, 2.75) is 16.7 Å². The SMILES string of the molecule is CCOC(=O)CN(S(=O)(=O)c1ccccc1)S(=O)(=O)c1ccccc1. The van der Waals surface area contributed by atoms with Gasteiger partial charge in [-0.1, -0.05) is 40.1 Å². The van der Waals surface area contributed by atoms with Gasteiger partial charge in [-0.05, 0) is 31.2 Å². The summed E-state index contributed by atoms with van der Waals surface area (Å²) < 4.78 is 56.2. The molecule has 2 rings (SSSR count). The molecule has 0 aliphatic rings. The van der Waals surface area contributed by atoms with Crippen molar-refractivity contribution in [1.29, 1.82) is 0 Å². The summed E-state index contributed by atoms with van der Waals surface area (Å²) in [7, 11) is -8.95. The van der Waals surface area contributed by atoms with Gasteiger partial charge in [0.1, 0.15) is 6.54 Å². The summed E-state index contributed by atoms with van der Waals surface area (Å²) in [4.78, 5) is 11.3. The molecule has 0 aliphatic carbocycles. The first-order valence-corrected chi connectivity index (χ1v) is 10.2. The van der Waals surface area contributed by atoms with Crippen molar-refractivity contribution in [3.05, 3.63) is 60.7 Å². The van der Waals surface area contributed by atoms with Crippen molar-refractivity contribution in [2.24, 2.45) is 0 Å². The van der Waals surface area contributed by atoms with E-state index in [1.807, 2.05) is 0 Å². The molecule has 0 atom stereocenters. The van der Waals surface area contributed by atoms with Crippen LogP contribution in [0.1, 0.15) is 6.92 Å². The highest BCUT2D eigenvalue weighted by molar-refractivity contribution is 8.04. The van der Waals surface area contributed by atoms with E-state index in [1.54, 1.807) is 19.1 Å². The Hall–Kier alpha value is -2.23. The summed E-state index contributed by atoms with van der Waals surface area (Å²) in [6.45, 7) is 0.603. The minimum atomic E-state index is -4.48. The van der Waals surface area contributed by atoms with Crippen molar-refractivity contribution in [3.8, 4) is 0 Å². The lowest BCUT2D eigenvalue weighted by Gasteiger charge is -2.21. The molecule has 9 heteroatoms. The second kappa shape index (κ2) is 7.77. The van der Waals surface area contributed by atoms with Gasteiger partial charge in [-0.2, -0.15) is 0 Å². The molecule has 2 aromatic rings.